The lowest BCUT2D eigenvalue weighted by Gasteiger charge is -2.11. The van der Waals surface area contributed by atoms with Gasteiger partial charge in [-0.05, 0) is 13.3 Å². The molecule has 0 aliphatic carbocycles. The van der Waals surface area contributed by atoms with E-state index in [1.54, 1.807) is 0 Å². The quantitative estimate of drug-likeness (QED) is 0.678. The third kappa shape index (κ3) is 6.84. The van der Waals surface area contributed by atoms with Crippen molar-refractivity contribution in [1.82, 2.24) is 0 Å². The Hall–Kier alpha value is -0.280. The smallest absolute Gasteiger partial charge is 0.310 e. The Morgan fingerprint density at radius 2 is 2.08 bits per heavy atom. The molecule has 80 valence electrons. The van der Waals surface area contributed by atoms with Crippen molar-refractivity contribution >= 4 is 18.4 Å². The van der Waals surface area contributed by atoms with E-state index < -0.39 is 0 Å². The molecular weight excluding hydrogens is 190 g/mol. The van der Waals surface area contributed by atoms with E-state index in [1.165, 1.54) is 0 Å². The fraction of sp³-hybridized carbons (Fsp3) is 0.889. The first-order valence-corrected chi connectivity index (χ1v) is 4.62. The number of carbonyl (C=O) groups excluding carboxylic acids is 1. The lowest BCUT2D eigenvalue weighted by molar-refractivity contribution is -0.147. The zero-order chi connectivity index (χ0) is 9.40. The maximum Gasteiger partial charge on any atom is 0.310 e. The van der Waals surface area contributed by atoms with Gasteiger partial charge in [-0.3, -0.25) is 4.79 Å². The molecule has 0 bridgehead atoms. The van der Waals surface area contributed by atoms with E-state index in [9.17, 15) is 4.79 Å². The monoisotopic (exact) mass is 209 g/mol. The van der Waals surface area contributed by atoms with Gasteiger partial charge >= 0.3 is 5.97 Å². The molecule has 2 N–H and O–H groups in total. The molecule has 0 fully saturated rings. The highest BCUT2D eigenvalue weighted by molar-refractivity contribution is 5.85. The summed E-state index contributed by atoms with van der Waals surface area (Å²) in [4.78, 5) is 11.2. The molecule has 0 aromatic rings. The van der Waals surface area contributed by atoms with Crippen LogP contribution in [0.5, 0.6) is 0 Å². The molecule has 0 amide bonds. The van der Waals surface area contributed by atoms with Crippen LogP contribution in [-0.2, 0) is 9.53 Å². The molecule has 1 unspecified atom stereocenters. The second kappa shape index (κ2) is 9.81. The van der Waals surface area contributed by atoms with Gasteiger partial charge in [-0.2, -0.15) is 0 Å². The second-order valence-corrected chi connectivity index (χ2v) is 2.83. The van der Waals surface area contributed by atoms with Gasteiger partial charge in [-0.15, -0.1) is 12.4 Å². The first-order valence-electron chi connectivity index (χ1n) is 4.62. The fourth-order valence-corrected chi connectivity index (χ4v) is 1.04. The Morgan fingerprint density at radius 3 is 2.46 bits per heavy atom. The molecule has 0 saturated carbocycles. The Morgan fingerprint density at radius 1 is 1.46 bits per heavy atom. The first-order chi connectivity index (χ1) is 5.76. The van der Waals surface area contributed by atoms with Crippen LogP contribution < -0.4 is 5.73 Å². The van der Waals surface area contributed by atoms with Crippen molar-refractivity contribution in [2.24, 2.45) is 11.7 Å². The lowest BCUT2D eigenvalue weighted by atomic mass is 10.0. The van der Waals surface area contributed by atoms with Gasteiger partial charge in [0.15, 0.2) is 0 Å². The first kappa shape index (κ1) is 15.2. The van der Waals surface area contributed by atoms with Crippen molar-refractivity contribution in [2.45, 2.75) is 33.1 Å². The Kier molecular flexibility index (Phi) is 11.5. The summed E-state index contributed by atoms with van der Waals surface area (Å²) in [5.41, 5.74) is 5.44. The van der Waals surface area contributed by atoms with E-state index in [0.717, 1.165) is 19.3 Å². The highest BCUT2D eigenvalue weighted by Gasteiger charge is 2.16. The van der Waals surface area contributed by atoms with Gasteiger partial charge in [0.1, 0.15) is 0 Å². The molecule has 13 heavy (non-hydrogen) atoms. The van der Waals surface area contributed by atoms with E-state index in [0.29, 0.717) is 13.2 Å². The fourth-order valence-electron chi connectivity index (χ4n) is 1.04. The van der Waals surface area contributed by atoms with E-state index in [2.05, 4.69) is 6.92 Å². The minimum absolute atomic E-state index is 0. The van der Waals surface area contributed by atoms with Crippen LogP contribution in [0.15, 0.2) is 0 Å². The molecule has 0 aromatic carbocycles. The molecular formula is C9H20ClNO2. The van der Waals surface area contributed by atoms with E-state index in [1.807, 2.05) is 6.92 Å². The third-order valence-electron chi connectivity index (χ3n) is 1.81. The number of unbranched alkanes of at least 4 members (excludes halogenated alkanes) is 1. The van der Waals surface area contributed by atoms with Crippen molar-refractivity contribution in [3.05, 3.63) is 0 Å². The molecule has 0 radical (unpaired) electrons. The zero-order valence-corrected chi connectivity index (χ0v) is 9.23. The average Bonchev–Trinajstić information content (AvgIpc) is 2.06. The summed E-state index contributed by atoms with van der Waals surface area (Å²) in [6.45, 7) is 4.75. The Labute approximate surface area is 86.4 Å². The number of hydrogen-bond donors (Lipinski definition) is 1. The van der Waals surface area contributed by atoms with Crippen LogP contribution in [0.2, 0.25) is 0 Å². The van der Waals surface area contributed by atoms with Crippen molar-refractivity contribution in [2.75, 3.05) is 13.2 Å². The normalized spacial score (nSPS) is 11.6. The van der Waals surface area contributed by atoms with Crippen molar-refractivity contribution in [3.63, 3.8) is 0 Å². The summed E-state index contributed by atoms with van der Waals surface area (Å²) in [7, 11) is 0. The molecule has 0 saturated heterocycles. The number of ether oxygens (including phenoxy) is 1. The third-order valence-corrected chi connectivity index (χ3v) is 1.81. The number of halogens is 1. The van der Waals surface area contributed by atoms with Gasteiger partial charge in [0.2, 0.25) is 0 Å². The summed E-state index contributed by atoms with van der Waals surface area (Å²) in [6.07, 6.45) is 2.99. The van der Waals surface area contributed by atoms with Gasteiger partial charge in [0.25, 0.3) is 0 Å². The molecule has 3 nitrogen and oxygen atoms in total. The van der Waals surface area contributed by atoms with E-state index >= 15 is 0 Å². The van der Waals surface area contributed by atoms with Gasteiger partial charge in [-0.25, -0.2) is 0 Å². The molecule has 0 aromatic heterocycles. The SMILES string of the molecule is CCCCC(CN)C(=O)OCC.Cl. The Balaban J connectivity index is 0. The largest absolute Gasteiger partial charge is 0.466 e. The Bertz CT molecular complexity index is 131. The molecule has 0 aliphatic heterocycles. The van der Waals surface area contributed by atoms with Crippen LogP contribution in [0.25, 0.3) is 0 Å². The summed E-state index contributed by atoms with van der Waals surface area (Å²) in [5.74, 6) is -0.238. The van der Waals surface area contributed by atoms with Crippen molar-refractivity contribution < 1.29 is 9.53 Å². The number of nitrogens with two attached hydrogens (primary N) is 1. The topological polar surface area (TPSA) is 52.3 Å². The predicted molar refractivity (Wildman–Crippen MR) is 56.0 cm³/mol. The second-order valence-electron chi connectivity index (χ2n) is 2.83. The number of carbonyl (C=O) groups is 1. The highest BCUT2D eigenvalue weighted by Crippen LogP contribution is 2.08. The van der Waals surface area contributed by atoms with Crippen molar-refractivity contribution in [3.8, 4) is 0 Å². The van der Waals surface area contributed by atoms with Gasteiger partial charge in [-0.1, -0.05) is 19.8 Å². The summed E-state index contributed by atoms with van der Waals surface area (Å²) < 4.78 is 4.87. The zero-order valence-electron chi connectivity index (χ0n) is 8.41. The molecule has 0 rings (SSSR count). The van der Waals surface area contributed by atoms with Crippen molar-refractivity contribution in [1.29, 1.82) is 0 Å². The van der Waals surface area contributed by atoms with Crippen LogP contribution in [0.4, 0.5) is 0 Å². The minimum atomic E-state index is -0.145. The van der Waals surface area contributed by atoms with Crippen LogP contribution in [0.1, 0.15) is 33.1 Å². The van der Waals surface area contributed by atoms with E-state index in [4.69, 9.17) is 10.5 Å². The summed E-state index contributed by atoms with van der Waals surface area (Å²) in [6, 6.07) is 0. The number of hydrogen-bond acceptors (Lipinski definition) is 3. The van der Waals surface area contributed by atoms with Crippen LogP contribution in [0.3, 0.4) is 0 Å². The lowest BCUT2D eigenvalue weighted by Crippen LogP contribution is -2.25. The minimum Gasteiger partial charge on any atom is -0.466 e. The summed E-state index contributed by atoms with van der Waals surface area (Å²) >= 11 is 0. The molecule has 0 aliphatic rings. The van der Waals surface area contributed by atoms with E-state index in [-0.39, 0.29) is 24.3 Å². The molecule has 4 heteroatoms. The molecule has 0 spiro atoms. The standard InChI is InChI=1S/C9H19NO2.ClH/c1-3-5-6-8(7-10)9(11)12-4-2;/h8H,3-7,10H2,1-2H3;1H. The van der Waals surface area contributed by atoms with Crippen LogP contribution in [-0.4, -0.2) is 19.1 Å². The van der Waals surface area contributed by atoms with Gasteiger partial charge in [0.05, 0.1) is 12.5 Å². The highest BCUT2D eigenvalue weighted by atomic mass is 35.5. The van der Waals surface area contributed by atoms with Gasteiger partial charge in [0, 0.05) is 6.54 Å². The predicted octanol–water partition coefficient (Wildman–Crippen LogP) is 1.74. The average molecular weight is 210 g/mol. The number of rotatable bonds is 6. The summed E-state index contributed by atoms with van der Waals surface area (Å²) in [5, 5.41) is 0. The maximum atomic E-state index is 11.2. The van der Waals surface area contributed by atoms with Gasteiger partial charge < -0.3 is 10.5 Å². The van der Waals surface area contributed by atoms with Crippen LogP contribution >= 0.6 is 12.4 Å². The molecule has 1 atom stereocenters. The number of esters is 1. The molecule has 0 heterocycles. The van der Waals surface area contributed by atoms with Crippen LogP contribution in [0, 0.1) is 5.92 Å². The maximum absolute atomic E-state index is 11.2.